The molecule has 2 nitrogen and oxygen atoms in total. The van der Waals surface area contributed by atoms with Crippen LogP contribution in [0.4, 0.5) is 0 Å². The first-order valence-electron chi connectivity index (χ1n) is 7.91. The average molecular weight is 327 g/mol. The Morgan fingerprint density at radius 2 is 2.10 bits per heavy atom. The van der Waals surface area contributed by atoms with Crippen molar-refractivity contribution in [2.45, 2.75) is 44.7 Å². The molecule has 1 aromatic rings. The van der Waals surface area contributed by atoms with E-state index in [4.69, 9.17) is 23.2 Å². The zero-order valence-corrected chi connectivity index (χ0v) is 14.3. The minimum atomic E-state index is 0.302. The molecule has 116 valence electrons. The summed E-state index contributed by atoms with van der Waals surface area (Å²) in [5, 5.41) is 5.27. The van der Waals surface area contributed by atoms with Crippen molar-refractivity contribution in [1.29, 1.82) is 0 Å². The molecule has 21 heavy (non-hydrogen) atoms. The van der Waals surface area contributed by atoms with E-state index in [2.05, 4.69) is 30.1 Å². The van der Waals surface area contributed by atoms with Gasteiger partial charge >= 0.3 is 0 Å². The van der Waals surface area contributed by atoms with E-state index in [0.29, 0.717) is 16.6 Å². The van der Waals surface area contributed by atoms with Crippen LogP contribution >= 0.6 is 23.2 Å². The lowest BCUT2D eigenvalue weighted by Crippen LogP contribution is -2.63. The highest BCUT2D eigenvalue weighted by atomic mass is 35.5. The topological polar surface area (TPSA) is 15.3 Å². The van der Waals surface area contributed by atoms with Gasteiger partial charge in [-0.15, -0.1) is 0 Å². The fourth-order valence-corrected chi connectivity index (χ4v) is 3.93. The number of halogens is 2. The van der Waals surface area contributed by atoms with Gasteiger partial charge in [0.1, 0.15) is 0 Å². The monoisotopic (exact) mass is 326 g/mol. The van der Waals surface area contributed by atoms with E-state index in [1.165, 1.54) is 18.4 Å². The summed E-state index contributed by atoms with van der Waals surface area (Å²) in [6, 6.07) is 6.41. The second-order valence-corrected chi connectivity index (χ2v) is 7.72. The van der Waals surface area contributed by atoms with Gasteiger partial charge in [-0.25, -0.2) is 0 Å². The van der Waals surface area contributed by atoms with Gasteiger partial charge in [0.05, 0.1) is 0 Å². The van der Waals surface area contributed by atoms with Crippen LogP contribution in [-0.2, 0) is 6.42 Å². The van der Waals surface area contributed by atoms with Crippen molar-refractivity contribution in [2.75, 3.05) is 19.6 Å². The van der Waals surface area contributed by atoms with Crippen molar-refractivity contribution in [3.63, 3.8) is 0 Å². The molecule has 0 radical (unpaired) electrons. The first-order chi connectivity index (χ1) is 9.98. The van der Waals surface area contributed by atoms with E-state index in [1.807, 2.05) is 12.1 Å². The van der Waals surface area contributed by atoms with Crippen LogP contribution in [-0.4, -0.2) is 36.1 Å². The van der Waals surface area contributed by atoms with Crippen molar-refractivity contribution in [3.8, 4) is 0 Å². The molecule has 1 N–H and O–H groups in total. The smallest absolute Gasteiger partial charge is 0.0453 e. The summed E-state index contributed by atoms with van der Waals surface area (Å²) in [6.45, 7) is 7.99. The Balaban J connectivity index is 1.63. The molecule has 1 heterocycles. The Kier molecular flexibility index (Phi) is 4.52. The minimum absolute atomic E-state index is 0.302. The van der Waals surface area contributed by atoms with Crippen molar-refractivity contribution >= 4 is 23.2 Å². The number of hydrogen-bond acceptors (Lipinski definition) is 2. The van der Waals surface area contributed by atoms with Gasteiger partial charge in [0.25, 0.3) is 0 Å². The predicted molar refractivity (Wildman–Crippen MR) is 90.3 cm³/mol. The molecule has 4 heteroatoms. The summed E-state index contributed by atoms with van der Waals surface area (Å²) in [7, 11) is 0. The molecule has 0 aromatic heterocycles. The van der Waals surface area contributed by atoms with Crippen LogP contribution in [0.2, 0.25) is 10.0 Å². The minimum Gasteiger partial charge on any atom is -0.308 e. The zero-order chi connectivity index (χ0) is 15.0. The first-order valence-corrected chi connectivity index (χ1v) is 8.66. The first kappa shape index (κ1) is 15.6. The molecule has 2 atom stereocenters. The Morgan fingerprint density at radius 1 is 1.33 bits per heavy atom. The summed E-state index contributed by atoms with van der Waals surface area (Å²) in [6.07, 6.45) is 3.75. The van der Waals surface area contributed by atoms with Gasteiger partial charge in [-0.1, -0.05) is 29.3 Å². The van der Waals surface area contributed by atoms with Crippen molar-refractivity contribution in [3.05, 3.63) is 33.8 Å². The average Bonchev–Trinajstić information content (AvgIpc) is 3.26. The highest BCUT2D eigenvalue weighted by Crippen LogP contribution is 2.41. The van der Waals surface area contributed by atoms with Crippen molar-refractivity contribution in [1.82, 2.24) is 10.2 Å². The van der Waals surface area contributed by atoms with E-state index in [0.717, 1.165) is 37.0 Å². The van der Waals surface area contributed by atoms with Gasteiger partial charge in [0.2, 0.25) is 0 Å². The fourth-order valence-electron chi connectivity index (χ4n) is 3.43. The Hall–Kier alpha value is -0.280. The highest BCUT2D eigenvalue weighted by Gasteiger charge is 2.45. The van der Waals surface area contributed by atoms with Gasteiger partial charge in [-0.05, 0) is 56.7 Å². The van der Waals surface area contributed by atoms with Crippen LogP contribution in [0.15, 0.2) is 18.2 Å². The third-order valence-corrected chi connectivity index (χ3v) is 5.71. The quantitative estimate of drug-likeness (QED) is 0.899. The maximum atomic E-state index is 6.28. The third-order valence-electron chi connectivity index (χ3n) is 5.12. The fraction of sp³-hybridized carbons (Fsp3) is 0.647. The Bertz CT molecular complexity index is 516. The molecule has 2 aliphatic rings. The Morgan fingerprint density at radius 3 is 2.76 bits per heavy atom. The number of rotatable bonds is 4. The van der Waals surface area contributed by atoms with E-state index in [9.17, 15) is 0 Å². The van der Waals surface area contributed by atoms with Crippen molar-refractivity contribution < 1.29 is 0 Å². The maximum absolute atomic E-state index is 6.28. The summed E-state index contributed by atoms with van der Waals surface area (Å²) in [5.74, 6) is 0.867. The van der Waals surface area contributed by atoms with Crippen molar-refractivity contribution in [2.24, 2.45) is 5.92 Å². The van der Waals surface area contributed by atoms with Crippen LogP contribution in [0.5, 0.6) is 0 Å². The van der Waals surface area contributed by atoms with Gasteiger partial charge in [-0.2, -0.15) is 0 Å². The Labute approximate surface area is 137 Å². The molecule has 1 aliphatic carbocycles. The summed E-state index contributed by atoms with van der Waals surface area (Å²) < 4.78 is 0. The van der Waals surface area contributed by atoms with Crippen LogP contribution in [0.1, 0.15) is 32.3 Å². The predicted octanol–water partition coefficient (Wildman–Crippen LogP) is 4.00. The molecule has 1 aromatic carbocycles. The second-order valence-electron chi connectivity index (χ2n) is 6.88. The van der Waals surface area contributed by atoms with Crippen LogP contribution < -0.4 is 5.32 Å². The number of nitrogens with zero attached hydrogens (tertiary/aromatic N) is 1. The van der Waals surface area contributed by atoms with Gasteiger partial charge in [0, 0.05) is 41.3 Å². The van der Waals surface area contributed by atoms with Crippen LogP contribution in [0.3, 0.4) is 0 Å². The maximum Gasteiger partial charge on any atom is 0.0453 e. The normalized spacial score (nSPS) is 30.6. The van der Waals surface area contributed by atoms with E-state index < -0.39 is 0 Å². The SMILES string of the molecule is CC1CNC(C)(C2CC2)CN1CCc1ccc(Cl)cc1Cl. The standard InChI is InChI=1S/C17H24Cl2N2/c1-12-10-20-17(2,14-4-5-14)11-21(12)8-7-13-3-6-15(18)9-16(13)19/h3,6,9,12,14,20H,4-5,7-8,10-11H2,1-2H3. The summed E-state index contributed by atoms with van der Waals surface area (Å²) >= 11 is 12.2. The van der Waals surface area contributed by atoms with Gasteiger partial charge in [0.15, 0.2) is 0 Å². The third kappa shape index (κ3) is 3.56. The summed E-state index contributed by atoms with van der Waals surface area (Å²) in [4.78, 5) is 2.61. The molecule has 1 aliphatic heterocycles. The van der Waals surface area contributed by atoms with Crippen LogP contribution in [0, 0.1) is 5.92 Å². The molecule has 3 rings (SSSR count). The lowest BCUT2D eigenvalue weighted by Gasteiger charge is -2.45. The van der Waals surface area contributed by atoms with Crippen LogP contribution in [0.25, 0.3) is 0 Å². The van der Waals surface area contributed by atoms with E-state index in [1.54, 1.807) is 0 Å². The lowest BCUT2D eigenvalue weighted by atomic mass is 9.91. The lowest BCUT2D eigenvalue weighted by molar-refractivity contribution is 0.0844. The molecule has 2 unspecified atom stereocenters. The molecule has 0 amide bonds. The number of nitrogens with one attached hydrogen (secondary N) is 1. The van der Waals surface area contributed by atoms with E-state index in [-0.39, 0.29) is 0 Å². The summed E-state index contributed by atoms with van der Waals surface area (Å²) in [5.41, 5.74) is 1.50. The highest BCUT2D eigenvalue weighted by molar-refractivity contribution is 6.35. The van der Waals surface area contributed by atoms with Gasteiger partial charge < -0.3 is 5.32 Å². The molecule has 0 spiro atoms. The van der Waals surface area contributed by atoms with Gasteiger partial charge in [-0.3, -0.25) is 4.90 Å². The number of hydrogen-bond donors (Lipinski definition) is 1. The zero-order valence-electron chi connectivity index (χ0n) is 12.8. The number of benzene rings is 1. The molecule has 1 saturated carbocycles. The molecule has 2 fully saturated rings. The second kappa shape index (κ2) is 6.08. The number of piperazine rings is 1. The molecule has 1 saturated heterocycles. The molecular weight excluding hydrogens is 303 g/mol. The largest absolute Gasteiger partial charge is 0.308 e. The molecular formula is C17H24Cl2N2. The van der Waals surface area contributed by atoms with E-state index >= 15 is 0 Å². The molecule has 0 bridgehead atoms.